The number of ether oxygens (including phenoxy) is 1. The van der Waals surface area contributed by atoms with E-state index >= 15 is 0 Å². The molecule has 1 aliphatic heterocycles. The number of fused-ring (bicyclic) bond motifs is 1. The van der Waals surface area contributed by atoms with E-state index < -0.39 is 6.29 Å². The minimum absolute atomic E-state index is 0.542. The zero-order chi connectivity index (χ0) is 7.84. The van der Waals surface area contributed by atoms with Crippen LogP contribution in [0.5, 0.6) is 5.75 Å². The summed E-state index contributed by atoms with van der Waals surface area (Å²) in [6.45, 7) is 0. The molecule has 0 fully saturated rings. The third kappa shape index (κ3) is 1.12. The summed E-state index contributed by atoms with van der Waals surface area (Å²) in [7, 11) is 5.54. The second kappa shape index (κ2) is 2.27. The summed E-state index contributed by atoms with van der Waals surface area (Å²) in [6.07, 6.45) is -0.146. The van der Waals surface area contributed by atoms with Gasteiger partial charge in [0.2, 0.25) is 6.29 Å². The Labute approximate surface area is 66.2 Å². The van der Waals surface area contributed by atoms with Gasteiger partial charge < -0.3 is 9.84 Å². The average Bonchev–Trinajstić information content (AvgIpc) is 2.27. The molecule has 3 heteroatoms. The molecule has 2 nitrogen and oxygen atoms in total. The molecule has 0 saturated heterocycles. The SMILES string of the molecule is [B]c1ccc2c(c1)CC(O)O2. The lowest BCUT2D eigenvalue weighted by molar-refractivity contribution is 0.00215. The van der Waals surface area contributed by atoms with Crippen LogP contribution in [0.3, 0.4) is 0 Å². The second-order valence-electron chi connectivity index (χ2n) is 2.64. The highest BCUT2D eigenvalue weighted by molar-refractivity contribution is 6.32. The summed E-state index contributed by atoms with van der Waals surface area (Å²) >= 11 is 0. The van der Waals surface area contributed by atoms with Gasteiger partial charge in [-0.15, -0.1) is 0 Å². The van der Waals surface area contributed by atoms with Crippen molar-refractivity contribution in [3.8, 4) is 5.75 Å². The van der Waals surface area contributed by atoms with E-state index in [9.17, 15) is 0 Å². The summed E-state index contributed by atoms with van der Waals surface area (Å²) in [4.78, 5) is 0. The quantitative estimate of drug-likeness (QED) is 0.510. The molecule has 2 rings (SSSR count). The van der Waals surface area contributed by atoms with Crippen molar-refractivity contribution in [1.82, 2.24) is 0 Å². The Hall–Kier alpha value is -0.955. The van der Waals surface area contributed by atoms with Crippen LogP contribution >= 0.6 is 0 Å². The lowest BCUT2D eigenvalue weighted by Crippen LogP contribution is -2.09. The summed E-state index contributed by atoms with van der Waals surface area (Å²) < 4.78 is 5.06. The molecule has 2 radical (unpaired) electrons. The maximum atomic E-state index is 9.08. The van der Waals surface area contributed by atoms with Crippen LogP contribution in [0.15, 0.2) is 18.2 Å². The van der Waals surface area contributed by atoms with Crippen LogP contribution in [-0.4, -0.2) is 19.2 Å². The highest BCUT2D eigenvalue weighted by atomic mass is 16.6. The molecule has 0 bridgehead atoms. The van der Waals surface area contributed by atoms with E-state index in [1.807, 2.05) is 6.07 Å². The van der Waals surface area contributed by atoms with E-state index in [4.69, 9.17) is 17.7 Å². The molecule has 11 heavy (non-hydrogen) atoms. The van der Waals surface area contributed by atoms with Crippen LogP contribution in [0.4, 0.5) is 0 Å². The van der Waals surface area contributed by atoms with Crippen molar-refractivity contribution >= 4 is 13.3 Å². The molecule has 1 unspecified atom stereocenters. The molecule has 0 saturated carbocycles. The standard InChI is InChI=1S/C8H7BO2/c9-6-1-2-7-5(3-6)4-8(10)11-7/h1-3,8,10H,4H2. The number of hydrogen-bond acceptors (Lipinski definition) is 2. The maximum absolute atomic E-state index is 9.08. The molecule has 1 heterocycles. The van der Waals surface area contributed by atoms with Crippen LogP contribution < -0.4 is 10.2 Å². The molecule has 54 valence electrons. The van der Waals surface area contributed by atoms with E-state index in [1.54, 1.807) is 12.1 Å². The molecule has 1 aromatic carbocycles. The highest BCUT2D eigenvalue weighted by Crippen LogP contribution is 2.25. The summed E-state index contributed by atoms with van der Waals surface area (Å²) in [5.74, 6) is 0.742. The highest BCUT2D eigenvalue weighted by Gasteiger charge is 2.19. The van der Waals surface area contributed by atoms with E-state index in [2.05, 4.69) is 0 Å². The van der Waals surface area contributed by atoms with Gasteiger partial charge in [-0.2, -0.15) is 0 Å². The lowest BCUT2D eigenvalue weighted by atomic mass is 9.94. The van der Waals surface area contributed by atoms with E-state index in [1.165, 1.54) is 0 Å². The van der Waals surface area contributed by atoms with Crippen molar-refractivity contribution in [3.63, 3.8) is 0 Å². The van der Waals surface area contributed by atoms with Gasteiger partial charge in [0.1, 0.15) is 13.6 Å². The van der Waals surface area contributed by atoms with Crippen molar-refractivity contribution in [2.75, 3.05) is 0 Å². The minimum atomic E-state index is -0.688. The van der Waals surface area contributed by atoms with Crippen molar-refractivity contribution in [1.29, 1.82) is 0 Å². The molecule has 0 aromatic heterocycles. The van der Waals surface area contributed by atoms with E-state index in [0.29, 0.717) is 11.9 Å². The molecule has 0 aliphatic carbocycles. The fourth-order valence-electron chi connectivity index (χ4n) is 1.25. The molecular weight excluding hydrogens is 139 g/mol. The van der Waals surface area contributed by atoms with Gasteiger partial charge in [-0.25, -0.2) is 0 Å². The first kappa shape index (κ1) is 6.74. The molecule has 0 amide bonds. The van der Waals surface area contributed by atoms with Gasteiger partial charge in [-0.05, 0) is 11.6 Å². The van der Waals surface area contributed by atoms with Crippen molar-refractivity contribution < 1.29 is 9.84 Å². The van der Waals surface area contributed by atoms with Gasteiger partial charge in [0.15, 0.2) is 0 Å². The zero-order valence-corrected chi connectivity index (χ0v) is 5.95. The second-order valence-corrected chi connectivity index (χ2v) is 2.64. The van der Waals surface area contributed by atoms with Crippen molar-refractivity contribution in [2.45, 2.75) is 12.7 Å². The van der Waals surface area contributed by atoms with Gasteiger partial charge in [0.25, 0.3) is 0 Å². The summed E-state index contributed by atoms with van der Waals surface area (Å²) in [6, 6.07) is 5.36. The Morgan fingerprint density at radius 3 is 3.18 bits per heavy atom. The number of aliphatic hydroxyl groups excluding tert-OH is 1. The Balaban J connectivity index is 2.43. The number of rotatable bonds is 0. The molecule has 1 N–H and O–H groups in total. The first-order valence-corrected chi connectivity index (χ1v) is 3.49. The maximum Gasteiger partial charge on any atom is 0.201 e. The lowest BCUT2D eigenvalue weighted by Gasteiger charge is -2.00. The van der Waals surface area contributed by atoms with Crippen LogP contribution in [0.25, 0.3) is 0 Å². The smallest absolute Gasteiger partial charge is 0.201 e. The normalized spacial score (nSPS) is 21.0. The van der Waals surface area contributed by atoms with E-state index in [0.717, 1.165) is 11.3 Å². The summed E-state index contributed by atoms with van der Waals surface area (Å²) in [5.41, 5.74) is 1.69. The van der Waals surface area contributed by atoms with Crippen LogP contribution in [0.1, 0.15) is 5.56 Å². The number of aliphatic hydroxyl groups is 1. The average molecular weight is 146 g/mol. The third-order valence-corrected chi connectivity index (χ3v) is 1.74. The van der Waals surface area contributed by atoms with Crippen molar-refractivity contribution in [3.05, 3.63) is 23.8 Å². The van der Waals surface area contributed by atoms with Crippen LogP contribution in [0.2, 0.25) is 0 Å². The predicted octanol–water partition coefficient (Wildman–Crippen LogP) is -0.266. The molecule has 1 atom stereocenters. The number of hydrogen-bond donors (Lipinski definition) is 1. The first-order valence-electron chi connectivity index (χ1n) is 3.49. The van der Waals surface area contributed by atoms with Crippen molar-refractivity contribution in [2.24, 2.45) is 0 Å². The topological polar surface area (TPSA) is 29.5 Å². The van der Waals surface area contributed by atoms with Gasteiger partial charge in [-0.3, -0.25) is 0 Å². The fraction of sp³-hybridized carbons (Fsp3) is 0.250. The van der Waals surface area contributed by atoms with Gasteiger partial charge in [0.05, 0.1) is 0 Å². The van der Waals surface area contributed by atoms with Gasteiger partial charge in [-0.1, -0.05) is 17.6 Å². The third-order valence-electron chi connectivity index (χ3n) is 1.74. The molecule has 0 spiro atoms. The Morgan fingerprint density at radius 2 is 2.36 bits per heavy atom. The Kier molecular flexibility index (Phi) is 1.39. The van der Waals surface area contributed by atoms with Crippen LogP contribution in [0, 0.1) is 0 Å². The van der Waals surface area contributed by atoms with E-state index in [-0.39, 0.29) is 0 Å². The first-order chi connectivity index (χ1) is 5.25. The Bertz CT molecular complexity index is 285. The zero-order valence-electron chi connectivity index (χ0n) is 5.95. The van der Waals surface area contributed by atoms with Crippen LogP contribution in [-0.2, 0) is 6.42 Å². The summed E-state index contributed by atoms with van der Waals surface area (Å²) in [5, 5.41) is 9.08. The van der Waals surface area contributed by atoms with Gasteiger partial charge in [0, 0.05) is 6.42 Å². The molecule has 1 aliphatic rings. The molecule has 1 aromatic rings. The minimum Gasteiger partial charge on any atom is -0.465 e. The van der Waals surface area contributed by atoms with Gasteiger partial charge >= 0.3 is 0 Å². The monoisotopic (exact) mass is 146 g/mol. The molecular formula is C8H7BO2. The fourth-order valence-corrected chi connectivity index (χ4v) is 1.25. The largest absolute Gasteiger partial charge is 0.465 e. The predicted molar refractivity (Wildman–Crippen MR) is 42.2 cm³/mol. The number of benzene rings is 1. The Morgan fingerprint density at radius 1 is 1.55 bits per heavy atom.